The molecule has 98 valence electrons. The lowest BCUT2D eigenvalue weighted by Gasteiger charge is -2.38. The average Bonchev–Trinajstić information content (AvgIpc) is 2.28. The Balaban J connectivity index is 1.89. The van der Waals surface area contributed by atoms with Crippen LogP contribution in [0.2, 0.25) is 0 Å². The molecule has 1 aromatic rings. The molecule has 1 aliphatic rings. The fraction of sp³-hybridized carbons (Fsp3) is 0.533. The smallest absolute Gasteiger partial charge is 0.307 e. The first-order valence-corrected chi connectivity index (χ1v) is 6.58. The molecule has 1 aliphatic carbocycles. The van der Waals surface area contributed by atoms with E-state index in [1.807, 2.05) is 24.3 Å². The molecular formula is C15H21NO2. The summed E-state index contributed by atoms with van der Waals surface area (Å²) in [6.45, 7) is 4.10. The third-order valence-electron chi connectivity index (χ3n) is 3.89. The molecule has 18 heavy (non-hydrogen) atoms. The molecule has 0 saturated heterocycles. The number of hydrogen-bond acceptors (Lipinski definition) is 2. The van der Waals surface area contributed by atoms with Gasteiger partial charge in [0.2, 0.25) is 0 Å². The van der Waals surface area contributed by atoms with Crippen molar-refractivity contribution in [2.24, 2.45) is 5.41 Å². The van der Waals surface area contributed by atoms with Crippen molar-refractivity contribution >= 4 is 5.97 Å². The van der Waals surface area contributed by atoms with Crippen LogP contribution in [0.4, 0.5) is 0 Å². The Kier molecular flexibility index (Phi) is 4.02. The van der Waals surface area contributed by atoms with Gasteiger partial charge in [-0.3, -0.25) is 4.79 Å². The number of carboxylic acid groups (broad SMARTS) is 1. The Morgan fingerprint density at radius 1 is 1.33 bits per heavy atom. The van der Waals surface area contributed by atoms with Crippen molar-refractivity contribution < 1.29 is 9.90 Å². The van der Waals surface area contributed by atoms with Gasteiger partial charge in [-0.1, -0.05) is 37.6 Å². The summed E-state index contributed by atoms with van der Waals surface area (Å²) in [5.74, 6) is -0.770. The van der Waals surface area contributed by atoms with E-state index in [4.69, 9.17) is 5.11 Å². The standard InChI is InChI=1S/C15H21NO2/c1-15(7-4-8-15)11-16-10-13-6-3-2-5-12(13)9-14(17)18/h2-3,5-6,16H,4,7-11H2,1H3,(H,17,18). The zero-order valence-corrected chi connectivity index (χ0v) is 10.9. The van der Waals surface area contributed by atoms with Gasteiger partial charge in [0.25, 0.3) is 0 Å². The van der Waals surface area contributed by atoms with E-state index >= 15 is 0 Å². The van der Waals surface area contributed by atoms with Crippen LogP contribution in [-0.2, 0) is 17.8 Å². The first-order valence-electron chi connectivity index (χ1n) is 6.58. The fourth-order valence-electron chi connectivity index (χ4n) is 2.52. The summed E-state index contributed by atoms with van der Waals surface area (Å²) in [5.41, 5.74) is 2.47. The highest BCUT2D eigenvalue weighted by Gasteiger charge is 2.30. The summed E-state index contributed by atoms with van der Waals surface area (Å²) in [4.78, 5) is 10.8. The van der Waals surface area contributed by atoms with E-state index < -0.39 is 5.97 Å². The Hall–Kier alpha value is -1.35. The minimum Gasteiger partial charge on any atom is -0.481 e. The second kappa shape index (κ2) is 5.53. The van der Waals surface area contributed by atoms with Gasteiger partial charge >= 0.3 is 5.97 Å². The van der Waals surface area contributed by atoms with Gasteiger partial charge in [0.15, 0.2) is 0 Å². The van der Waals surface area contributed by atoms with Gasteiger partial charge in [-0.25, -0.2) is 0 Å². The van der Waals surface area contributed by atoms with Gasteiger partial charge in [0.05, 0.1) is 6.42 Å². The van der Waals surface area contributed by atoms with Crippen LogP contribution in [0.25, 0.3) is 0 Å². The number of rotatable bonds is 6. The molecule has 2 rings (SSSR count). The van der Waals surface area contributed by atoms with Crippen molar-refractivity contribution in [3.05, 3.63) is 35.4 Å². The van der Waals surface area contributed by atoms with Crippen LogP contribution in [0.5, 0.6) is 0 Å². The van der Waals surface area contributed by atoms with E-state index in [1.165, 1.54) is 19.3 Å². The molecule has 1 aromatic carbocycles. The largest absolute Gasteiger partial charge is 0.481 e. The number of nitrogens with one attached hydrogen (secondary N) is 1. The predicted octanol–water partition coefficient (Wildman–Crippen LogP) is 2.59. The van der Waals surface area contributed by atoms with Gasteiger partial charge in [-0.05, 0) is 29.4 Å². The van der Waals surface area contributed by atoms with Crippen molar-refractivity contribution in [1.82, 2.24) is 5.32 Å². The van der Waals surface area contributed by atoms with E-state index in [9.17, 15) is 4.79 Å². The molecule has 0 aliphatic heterocycles. The zero-order valence-electron chi connectivity index (χ0n) is 10.9. The van der Waals surface area contributed by atoms with Crippen LogP contribution in [-0.4, -0.2) is 17.6 Å². The lowest BCUT2D eigenvalue weighted by atomic mass is 9.70. The molecule has 0 radical (unpaired) electrons. The molecule has 0 aromatic heterocycles. The summed E-state index contributed by atoms with van der Waals surface area (Å²) in [7, 11) is 0. The summed E-state index contributed by atoms with van der Waals surface area (Å²) in [5, 5.41) is 12.3. The third-order valence-corrected chi connectivity index (χ3v) is 3.89. The van der Waals surface area contributed by atoms with E-state index in [0.29, 0.717) is 5.41 Å². The van der Waals surface area contributed by atoms with E-state index in [0.717, 1.165) is 24.2 Å². The van der Waals surface area contributed by atoms with Crippen LogP contribution >= 0.6 is 0 Å². The van der Waals surface area contributed by atoms with Gasteiger partial charge < -0.3 is 10.4 Å². The third kappa shape index (κ3) is 3.33. The molecule has 1 fully saturated rings. The first kappa shape index (κ1) is 13.1. The number of hydrogen-bond donors (Lipinski definition) is 2. The Morgan fingerprint density at radius 2 is 2.00 bits per heavy atom. The number of carbonyl (C=O) groups is 1. The molecule has 2 N–H and O–H groups in total. The molecule has 0 bridgehead atoms. The van der Waals surface area contributed by atoms with Crippen LogP contribution < -0.4 is 5.32 Å². The molecule has 0 heterocycles. The molecule has 3 nitrogen and oxygen atoms in total. The van der Waals surface area contributed by atoms with Gasteiger partial charge in [0.1, 0.15) is 0 Å². The molecule has 0 amide bonds. The Morgan fingerprint density at radius 3 is 2.56 bits per heavy atom. The minimum absolute atomic E-state index is 0.106. The maximum Gasteiger partial charge on any atom is 0.307 e. The maximum atomic E-state index is 10.8. The highest BCUT2D eigenvalue weighted by atomic mass is 16.4. The van der Waals surface area contributed by atoms with Crippen molar-refractivity contribution in [2.75, 3.05) is 6.54 Å². The second-order valence-electron chi connectivity index (χ2n) is 5.61. The van der Waals surface area contributed by atoms with Gasteiger partial charge in [-0.15, -0.1) is 0 Å². The van der Waals surface area contributed by atoms with Crippen molar-refractivity contribution in [3.8, 4) is 0 Å². The second-order valence-corrected chi connectivity index (χ2v) is 5.61. The topological polar surface area (TPSA) is 49.3 Å². The summed E-state index contributed by atoms with van der Waals surface area (Å²) >= 11 is 0. The highest BCUT2D eigenvalue weighted by molar-refractivity contribution is 5.70. The zero-order chi connectivity index (χ0) is 13.0. The molecule has 0 spiro atoms. The molecule has 0 unspecified atom stereocenters. The van der Waals surface area contributed by atoms with E-state index in [-0.39, 0.29) is 6.42 Å². The predicted molar refractivity (Wildman–Crippen MR) is 71.4 cm³/mol. The first-order chi connectivity index (χ1) is 8.59. The normalized spacial score (nSPS) is 17.2. The van der Waals surface area contributed by atoms with E-state index in [1.54, 1.807) is 0 Å². The lowest BCUT2D eigenvalue weighted by Crippen LogP contribution is -2.37. The average molecular weight is 247 g/mol. The summed E-state index contributed by atoms with van der Waals surface area (Å²) in [6, 6.07) is 7.77. The van der Waals surface area contributed by atoms with Crippen molar-refractivity contribution in [1.29, 1.82) is 0 Å². The lowest BCUT2D eigenvalue weighted by molar-refractivity contribution is -0.136. The van der Waals surface area contributed by atoms with Crippen molar-refractivity contribution in [3.63, 3.8) is 0 Å². The Bertz CT molecular complexity index is 424. The highest BCUT2D eigenvalue weighted by Crippen LogP contribution is 2.39. The SMILES string of the molecule is CC1(CNCc2ccccc2CC(=O)O)CCC1. The monoisotopic (exact) mass is 247 g/mol. The molecular weight excluding hydrogens is 226 g/mol. The summed E-state index contributed by atoms with van der Waals surface area (Å²) < 4.78 is 0. The maximum absolute atomic E-state index is 10.8. The Labute approximate surface area is 108 Å². The minimum atomic E-state index is -0.770. The van der Waals surface area contributed by atoms with Crippen LogP contribution in [0.1, 0.15) is 37.3 Å². The summed E-state index contributed by atoms with van der Waals surface area (Å²) in [6.07, 6.45) is 4.05. The quantitative estimate of drug-likeness (QED) is 0.812. The fourth-order valence-corrected chi connectivity index (χ4v) is 2.52. The number of aliphatic carboxylic acids is 1. The number of carboxylic acids is 1. The van der Waals surface area contributed by atoms with Crippen LogP contribution in [0, 0.1) is 5.41 Å². The molecule has 3 heteroatoms. The van der Waals surface area contributed by atoms with Crippen molar-refractivity contribution in [2.45, 2.75) is 39.2 Å². The van der Waals surface area contributed by atoms with Crippen LogP contribution in [0.3, 0.4) is 0 Å². The number of benzene rings is 1. The molecule has 0 atom stereocenters. The molecule has 1 saturated carbocycles. The van der Waals surface area contributed by atoms with Crippen LogP contribution in [0.15, 0.2) is 24.3 Å². The van der Waals surface area contributed by atoms with Gasteiger partial charge in [-0.2, -0.15) is 0 Å². The van der Waals surface area contributed by atoms with Gasteiger partial charge in [0, 0.05) is 13.1 Å². The van der Waals surface area contributed by atoms with E-state index in [2.05, 4.69) is 12.2 Å².